The topological polar surface area (TPSA) is 47.9 Å². The van der Waals surface area contributed by atoms with Crippen LogP contribution in [0.4, 0.5) is 28.9 Å². The fraction of sp³-hybridized carbons (Fsp3) is 0.136. The van der Waals surface area contributed by atoms with Crippen LogP contribution in [0.25, 0.3) is 0 Å². The van der Waals surface area contributed by atoms with Gasteiger partial charge < -0.3 is 10.6 Å². The van der Waals surface area contributed by atoms with Gasteiger partial charge in [0.05, 0.1) is 28.6 Å². The van der Waals surface area contributed by atoms with Gasteiger partial charge in [-0.05, 0) is 41.5 Å². The first kappa shape index (κ1) is 20.2. The maximum Gasteiger partial charge on any atom is 0.416 e. The summed E-state index contributed by atoms with van der Waals surface area (Å²) in [5.74, 6) is -0.947. The Morgan fingerprint density at radius 3 is 2.24 bits per heavy atom. The lowest BCUT2D eigenvalue weighted by molar-refractivity contribution is -0.138. The largest absolute Gasteiger partial charge is 0.416 e. The van der Waals surface area contributed by atoms with Crippen molar-refractivity contribution < 1.29 is 17.6 Å². The van der Waals surface area contributed by atoms with Gasteiger partial charge in [0.15, 0.2) is 0 Å². The first-order valence-electron chi connectivity index (χ1n) is 8.78. The number of alkyl halides is 3. The molecule has 0 heterocycles. The Kier molecular flexibility index (Phi) is 6.03. The molecule has 0 saturated heterocycles. The highest BCUT2D eigenvalue weighted by atomic mass is 19.4. The molecule has 29 heavy (non-hydrogen) atoms. The highest BCUT2D eigenvalue weighted by Crippen LogP contribution is 2.33. The summed E-state index contributed by atoms with van der Waals surface area (Å²) in [7, 11) is 0. The standard InChI is InChI=1S/C22H17F4N3/c23-18-8-7-17(19(11-18)22(24,25)26)14-29-21-10-16(12-27)6-9-20(21)28-13-15-4-2-1-3-5-15/h1-11,28-29H,13-14H2. The third kappa shape index (κ3) is 5.26. The van der Waals surface area contributed by atoms with Crippen LogP contribution in [0.1, 0.15) is 22.3 Å². The van der Waals surface area contributed by atoms with Crippen LogP contribution in [0.15, 0.2) is 66.7 Å². The smallest absolute Gasteiger partial charge is 0.379 e. The third-order valence-electron chi connectivity index (χ3n) is 4.32. The molecule has 3 aromatic carbocycles. The average molecular weight is 399 g/mol. The van der Waals surface area contributed by atoms with Crippen LogP contribution < -0.4 is 10.6 Å². The van der Waals surface area contributed by atoms with Gasteiger partial charge >= 0.3 is 6.18 Å². The van der Waals surface area contributed by atoms with Gasteiger partial charge in [-0.2, -0.15) is 18.4 Å². The van der Waals surface area contributed by atoms with Crippen LogP contribution in [-0.2, 0) is 19.3 Å². The van der Waals surface area contributed by atoms with Crippen LogP contribution in [0.5, 0.6) is 0 Å². The quantitative estimate of drug-likeness (QED) is 0.504. The van der Waals surface area contributed by atoms with Crippen molar-refractivity contribution in [2.24, 2.45) is 0 Å². The highest BCUT2D eigenvalue weighted by molar-refractivity contribution is 5.71. The minimum atomic E-state index is -4.66. The van der Waals surface area contributed by atoms with E-state index in [9.17, 15) is 17.6 Å². The van der Waals surface area contributed by atoms with Crippen molar-refractivity contribution in [2.75, 3.05) is 10.6 Å². The van der Waals surface area contributed by atoms with Gasteiger partial charge in [0.2, 0.25) is 0 Å². The molecule has 0 saturated carbocycles. The van der Waals surface area contributed by atoms with Gasteiger partial charge in [0.1, 0.15) is 5.82 Å². The number of rotatable bonds is 6. The molecule has 0 aliphatic carbocycles. The molecule has 0 aliphatic heterocycles. The molecule has 0 unspecified atom stereocenters. The first-order chi connectivity index (χ1) is 13.9. The van der Waals surface area contributed by atoms with E-state index in [0.29, 0.717) is 29.5 Å². The predicted octanol–water partition coefficient (Wildman–Crippen LogP) is 5.94. The SMILES string of the molecule is N#Cc1ccc(NCc2ccccc2)c(NCc2ccc(F)cc2C(F)(F)F)c1. The predicted molar refractivity (Wildman–Crippen MR) is 104 cm³/mol. The molecule has 3 nitrogen and oxygen atoms in total. The lowest BCUT2D eigenvalue weighted by Gasteiger charge is -2.17. The number of benzene rings is 3. The lowest BCUT2D eigenvalue weighted by atomic mass is 10.1. The molecule has 148 valence electrons. The maximum atomic E-state index is 13.3. The fourth-order valence-corrected chi connectivity index (χ4v) is 2.86. The van der Waals surface area contributed by atoms with Crippen LogP contribution >= 0.6 is 0 Å². The first-order valence-corrected chi connectivity index (χ1v) is 8.78. The molecule has 0 radical (unpaired) electrons. The second-order valence-corrected chi connectivity index (χ2v) is 6.36. The average Bonchev–Trinajstić information content (AvgIpc) is 2.71. The van der Waals surface area contributed by atoms with E-state index in [1.807, 2.05) is 36.4 Å². The second-order valence-electron chi connectivity index (χ2n) is 6.36. The Labute approximate surface area is 165 Å². The third-order valence-corrected chi connectivity index (χ3v) is 4.32. The zero-order valence-electron chi connectivity index (χ0n) is 15.2. The maximum absolute atomic E-state index is 13.3. The zero-order valence-corrected chi connectivity index (χ0v) is 15.2. The molecule has 0 fully saturated rings. The number of nitrogens with one attached hydrogen (secondary N) is 2. The van der Waals surface area contributed by atoms with Crippen molar-refractivity contribution in [2.45, 2.75) is 19.3 Å². The van der Waals surface area contributed by atoms with Crippen molar-refractivity contribution in [1.29, 1.82) is 5.26 Å². The molecule has 0 bridgehead atoms. The molecule has 0 amide bonds. The second kappa shape index (κ2) is 8.65. The van der Waals surface area contributed by atoms with E-state index in [1.54, 1.807) is 18.2 Å². The van der Waals surface area contributed by atoms with Crippen molar-refractivity contribution in [3.05, 3.63) is 94.8 Å². The summed E-state index contributed by atoms with van der Waals surface area (Å²) in [4.78, 5) is 0. The van der Waals surface area contributed by atoms with Gasteiger partial charge in [0.25, 0.3) is 0 Å². The minimum Gasteiger partial charge on any atom is -0.379 e. The Bertz CT molecular complexity index is 1020. The fourth-order valence-electron chi connectivity index (χ4n) is 2.86. The monoisotopic (exact) mass is 399 g/mol. The van der Waals surface area contributed by atoms with E-state index >= 15 is 0 Å². The number of hydrogen-bond donors (Lipinski definition) is 2. The summed E-state index contributed by atoms with van der Waals surface area (Å²) in [6, 6.07) is 19.1. The molecule has 7 heteroatoms. The Balaban J connectivity index is 1.82. The van der Waals surface area contributed by atoms with Crippen molar-refractivity contribution >= 4 is 11.4 Å². The number of nitriles is 1. The molecule has 3 aromatic rings. The van der Waals surface area contributed by atoms with Gasteiger partial charge in [-0.3, -0.25) is 0 Å². The van der Waals surface area contributed by atoms with E-state index in [4.69, 9.17) is 5.26 Å². The number of anilines is 2. The Morgan fingerprint density at radius 2 is 1.55 bits per heavy atom. The van der Waals surface area contributed by atoms with Crippen LogP contribution in [-0.4, -0.2) is 0 Å². The van der Waals surface area contributed by atoms with Gasteiger partial charge in [-0.1, -0.05) is 36.4 Å². The summed E-state index contributed by atoms with van der Waals surface area (Å²) in [6.07, 6.45) is -4.66. The van der Waals surface area contributed by atoms with E-state index in [1.165, 1.54) is 0 Å². The highest BCUT2D eigenvalue weighted by Gasteiger charge is 2.33. The van der Waals surface area contributed by atoms with E-state index in [2.05, 4.69) is 10.6 Å². The summed E-state index contributed by atoms with van der Waals surface area (Å²) in [5, 5.41) is 15.3. The molecule has 0 aromatic heterocycles. The van der Waals surface area contributed by atoms with Crippen LogP contribution in [0, 0.1) is 17.1 Å². The molecule has 0 atom stereocenters. The molecule has 0 spiro atoms. The lowest BCUT2D eigenvalue weighted by Crippen LogP contribution is -2.13. The summed E-state index contributed by atoms with van der Waals surface area (Å²) in [5.41, 5.74) is 1.41. The van der Waals surface area contributed by atoms with Crippen LogP contribution in [0.2, 0.25) is 0 Å². The zero-order chi connectivity index (χ0) is 20.9. The van der Waals surface area contributed by atoms with E-state index < -0.39 is 17.6 Å². The minimum absolute atomic E-state index is 0.0877. The van der Waals surface area contributed by atoms with E-state index in [-0.39, 0.29) is 12.1 Å². The number of nitrogens with zero attached hydrogens (tertiary/aromatic N) is 1. The molecule has 0 aliphatic rings. The summed E-state index contributed by atoms with van der Waals surface area (Å²) >= 11 is 0. The Morgan fingerprint density at radius 1 is 0.828 bits per heavy atom. The van der Waals surface area contributed by atoms with Crippen molar-refractivity contribution in [3.63, 3.8) is 0 Å². The van der Waals surface area contributed by atoms with Gasteiger partial charge in [0, 0.05) is 13.1 Å². The summed E-state index contributed by atoms with van der Waals surface area (Å²) in [6.45, 7) is 0.329. The Hall–Kier alpha value is -3.53. The number of hydrogen-bond acceptors (Lipinski definition) is 3. The van der Waals surface area contributed by atoms with Gasteiger partial charge in [-0.15, -0.1) is 0 Å². The molecule has 3 rings (SSSR count). The molecular weight excluding hydrogens is 382 g/mol. The van der Waals surface area contributed by atoms with Crippen molar-refractivity contribution in [3.8, 4) is 6.07 Å². The normalized spacial score (nSPS) is 11.0. The van der Waals surface area contributed by atoms with Crippen LogP contribution in [0.3, 0.4) is 0 Å². The van der Waals surface area contributed by atoms with Crippen molar-refractivity contribution in [1.82, 2.24) is 0 Å². The van der Waals surface area contributed by atoms with Gasteiger partial charge in [-0.25, -0.2) is 4.39 Å². The van der Waals surface area contributed by atoms with E-state index in [0.717, 1.165) is 17.7 Å². The molecular formula is C22H17F4N3. The number of halogens is 4. The summed E-state index contributed by atoms with van der Waals surface area (Å²) < 4.78 is 52.9. The molecule has 2 N–H and O–H groups in total.